The van der Waals surface area contributed by atoms with Crippen LogP contribution in [0.5, 0.6) is 0 Å². The summed E-state index contributed by atoms with van der Waals surface area (Å²) in [6, 6.07) is 3.71. The van der Waals surface area contributed by atoms with Gasteiger partial charge in [0.15, 0.2) is 5.82 Å². The summed E-state index contributed by atoms with van der Waals surface area (Å²) in [5.74, 6) is -1.27. The maximum absolute atomic E-state index is 13.5. The van der Waals surface area contributed by atoms with Crippen molar-refractivity contribution in [2.24, 2.45) is 0 Å². The molecule has 1 aromatic carbocycles. The lowest BCUT2D eigenvalue weighted by molar-refractivity contribution is -0.118. The largest absolute Gasteiger partial charge is 0.355 e. The van der Waals surface area contributed by atoms with Gasteiger partial charge in [0.1, 0.15) is 4.90 Å². The molecular weight excluding hydrogens is 283 g/mol. The summed E-state index contributed by atoms with van der Waals surface area (Å²) >= 11 is 5.50. The third-order valence-corrected chi connectivity index (χ3v) is 3.77. The van der Waals surface area contributed by atoms with Crippen molar-refractivity contribution in [1.82, 2.24) is 10.0 Å². The van der Waals surface area contributed by atoms with Crippen molar-refractivity contribution in [2.75, 3.05) is 13.1 Å². The van der Waals surface area contributed by atoms with Gasteiger partial charge in [0.05, 0.1) is 5.02 Å². The minimum Gasteiger partial charge on any atom is -0.355 e. The predicted molar refractivity (Wildman–Crippen MR) is 65.3 cm³/mol. The molecule has 5 nitrogen and oxygen atoms in total. The SMILES string of the molecule is CC(=O)NCCNS(=O)(=O)c1cccc(Cl)c1F. The molecule has 18 heavy (non-hydrogen) atoms. The highest BCUT2D eigenvalue weighted by Crippen LogP contribution is 2.21. The summed E-state index contributed by atoms with van der Waals surface area (Å²) in [5, 5.41) is 2.15. The van der Waals surface area contributed by atoms with Crippen molar-refractivity contribution in [2.45, 2.75) is 11.8 Å². The summed E-state index contributed by atoms with van der Waals surface area (Å²) in [5.41, 5.74) is 0. The van der Waals surface area contributed by atoms with E-state index in [9.17, 15) is 17.6 Å². The molecule has 0 saturated heterocycles. The fraction of sp³-hybridized carbons (Fsp3) is 0.300. The standard InChI is InChI=1S/C10H12ClFN2O3S/c1-7(15)13-5-6-14-18(16,17)9-4-2-3-8(11)10(9)12/h2-4,14H,5-6H2,1H3,(H,13,15). The average molecular weight is 295 g/mol. The highest BCUT2D eigenvalue weighted by Gasteiger charge is 2.19. The molecule has 0 aliphatic rings. The molecule has 1 aromatic rings. The molecule has 0 spiro atoms. The van der Waals surface area contributed by atoms with Crippen LogP contribution >= 0.6 is 11.6 Å². The van der Waals surface area contributed by atoms with Gasteiger partial charge in [-0.25, -0.2) is 17.5 Å². The van der Waals surface area contributed by atoms with Gasteiger partial charge in [-0.2, -0.15) is 0 Å². The Bertz CT molecular complexity index is 548. The zero-order valence-electron chi connectivity index (χ0n) is 9.54. The van der Waals surface area contributed by atoms with Crippen LogP contribution in [-0.2, 0) is 14.8 Å². The Morgan fingerprint density at radius 1 is 1.39 bits per heavy atom. The highest BCUT2D eigenvalue weighted by molar-refractivity contribution is 7.89. The van der Waals surface area contributed by atoms with E-state index in [1.165, 1.54) is 19.1 Å². The fourth-order valence-corrected chi connectivity index (χ4v) is 2.55. The van der Waals surface area contributed by atoms with Crippen LogP contribution in [-0.4, -0.2) is 27.4 Å². The number of rotatable bonds is 5. The molecule has 0 fully saturated rings. The minimum atomic E-state index is -3.97. The summed E-state index contributed by atoms with van der Waals surface area (Å²) in [4.78, 5) is 10.1. The number of amides is 1. The number of carbonyl (C=O) groups is 1. The zero-order valence-corrected chi connectivity index (χ0v) is 11.1. The molecule has 0 saturated carbocycles. The number of benzene rings is 1. The molecule has 0 bridgehead atoms. The van der Waals surface area contributed by atoms with E-state index in [4.69, 9.17) is 11.6 Å². The Morgan fingerprint density at radius 3 is 2.67 bits per heavy atom. The third kappa shape index (κ3) is 3.94. The first-order chi connectivity index (χ1) is 8.34. The van der Waals surface area contributed by atoms with E-state index in [1.807, 2.05) is 0 Å². The molecule has 0 atom stereocenters. The molecule has 0 unspecified atom stereocenters. The molecule has 0 aromatic heterocycles. The van der Waals surface area contributed by atoms with Crippen molar-refractivity contribution in [3.63, 3.8) is 0 Å². The normalized spacial score (nSPS) is 11.3. The maximum atomic E-state index is 13.5. The topological polar surface area (TPSA) is 75.3 Å². The van der Waals surface area contributed by atoms with Gasteiger partial charge in [-0.15, -0.1) is 0 Å². The molecule has 1 rings (SSSR count). The summed E-state index contributed by atoms with van der Waals surface area (Å²) < 4.78 is 39.1. The van der Waals surface area contributed by atoms with E-state index in [1.54, 1.807) is 0 Å². The number of carbonyl (C=O) groups excluding carboxylic acids is 1. The minimum absolute atomic E-state index is 0.0339. The second-order valence-electron chi connectivity index (χ2n) is 3.43. The lowest BCUT2D eigenvalue weighted by atomic mass is 10.3. The summed E-state index contributed by atoms with van der Waals surface area (Å²) in [6.45, 7) is 1.40. The van der Waals surface area contributed by atoms with Gasteiger partial charge < -0.3 is 5.32 Å². The number of hydrogen-bond donors (Lipinski definition) is 2. The monoisotopic (exact) mass is 294 g/mol. The van der Waals surface area contributed by atoms with Gasteiger partial charge in [-0.3, -0.25) is 4.79 Å². The number of halogens is 2. The molecule has 0 aliphatic heterocycles. The number of nitrogens with one attached hydrogen (secondary N) is 2. The molecule has 0 radical (unpaired) electrons. The first kappa shape index (κ1) is 14.9. The van der Waals surface area contributed by atoms with Gasteiger partial charge in [0.25, 0.3) is 0 Å². The van der Waals surface area contributed by atoms with E-state index in [0.29, 0.717) is 0 Å². The van der Waals surface area contributed by atoms with Crippen LogP contribution in [0.25, 0.3) is 0 Å². The molecule has 100 valence electrons. The van der Waals surface area contributed by atoms with E-state index in [-0.39, 0.29) is 24.0 Å². The Hall–Kier alpha value is -1.18. The van der Waals surface area contributed by atoms with Gasteiger partial charge in [0.2, 0.25) is 15.9 Å². The lowest BCUT2D eigenvalue weighted by Crippen LogP contribution is -2.34. The molecule has 1 amide bonds. The van der Waals surface area contributed by atoms with Crippen molar-refractivity contribution >= 4 is 27.5 Å². The second-order valence-corrected chi connectivity index (χ2v) is 5.58. The van der Waals surface area contributed by atoms with Gasteiger partial charge in [0, 0.05) is 20.0 Å². The number of sulfonamides is 1. The van der Waals surface area contributed by atoms with Crippen LogP contribution in [0, 0.1) is 5.82 Å². The Kier molecular flexibility index (Phi) is 5.06. The second kappa shape index (κ2) is 6.12. The van der Waals surface area contributed by atoms with Crippen LogP contribution in [0.2, 0.25) is 5.02 Å². The summed E-state index contributed by atoms with van der Waals surface area (Å²) in [7, 11) is -3.97. The van der Waals surface area contributed by atoms with Crippen molar-refractivity contribution in [1.29, 1.82) is 0 Å². The van der Waals surface area contributed by atoms with Crippen LogP contribution in [0.1, 0.15) is 6.92 Å². The first-order valence-corrected chi connectivity index (χ1v) is 6.89. The maximum Gasteiger partial charge on any atom is 0.243 e. The smallest absolute Gasteiger partial charge is 0.243 e. The van der Waals surface area contributed by atoms with E-state index >= 15 is 0 Å². The summed E-state index contributed by atoms with van der Waals surface area (Å²) in [6.07, 6.45) is 0. The number of hydrogen-bond acceptors (Lipinski definition) is 3. The fourth-order valence-electron chi connectivity index (χ4n) is 1.19. The molecule has 0 heterocycles. The van der Waals surface area contributed by atoms with E-state index < -0.39 is 20.7 Å². The van der Waals surface area contributed by atoms with Crippen molar-refractivity contribution < 1.29 is 17.6 Å². The average Bonchev–Trinajstić information content (AvgIpc) is 2.28. The third-order valence-electron chi connectivity index (χ3n) is 2.00. The zero-order chi connectivity index (χ0) is 13.8. The Balaban J connectivity index is 2.75. The van der Waals surface area contributed by atoms with Crippen LogP contribution in [0.15, 0.2) is 23.1 Å². The predicted octanol–water partition coefficient (Wildman–Crippen LogP) is 0.894. The highest BCUT2D eigenvalue weighted by atomic mass is 35.5. The van der Waals surface area contributed by atoms with Crippen LogP contribution in [0.4, 0.5) is 4.39 Å². The van der Waals surface area contributed by atoms with Gasteiger partial charge >= 0.3 is 0 Å². The molecule has 2 N–H and O–H groups in total. The first-order valence-electron chi connectivity index (χ1n) is 5.02. The molecule has 8 heteroatoms. The lowest BCUT2D eigenvalue weighted by Gasteiger charge is -2.08. The molecular formula is C10H12ClFN2O3S. The van der Waals surface area contributed by atoms with Crippen molar-refractivity contribution in [3.05, 3.63) is 29.0 Å². The Morgan fingerprint density at radius 2 is 2.06 bits per heavy atom. The van der Waals surface area contributed by atoms with E-state index in [2.05, 4.69) is 10.0 Å². The van der Waals surface area contributed by atoms with Gasteiger partial charge in [-0.05, 0) is 12.1 Å². The van der Waals surface area contributed by atoms with E-state index in [0.717, 1.165) is 6.07 Å². The van der Waals surface area contributed by atoms with Crippen LogP contribution in [0.3, 0.4) is 0 Å². The quantitative estimate of drug-likeness (QED) is 0.792. The molecule has 0 aliphatic carbocycles. The van der Waals surface area contributed by atoms with Crippen LogP contribution < -0.4 is 10.0 Å². The van der Waals surface area contributed by atoms with Gasteiger partial charge in [-0.1, -0.05) is 17.7 Å². The Labute approximate surface area is 109 Å². The van der Waals surface area contributed by atoms with Crippen molar-refractivity contribution in [3.8, 4) is 0 Å².